The highest BCUT2D eigenvalue weighted by Gasteiger charge is 2.30. The van der Waals surface area contributed by atoms with Crippen LogP contribution in [0.2, 0.25) is 5.02 Å². The summed E-state index contributed by atoms with van der Waals surface area (Å²) in [5, 5.41) is 0.344. The summed E-state index contributed by atoms with van der Waals surface area (Å²) in [6.07, 6.45) is 0. The van der Waals surface area contributed by atoms with Crippen molar-refractivity contribution in [3.63, 3.8) is 0 Å². The van der Waals surface area contributed by atoms with Crippen molar-refractivity contribution >= 4 is 33.4 Å². The van der Waals surface area contributed by atoms with Crippen LogP contribution in [0.25, 0.3) is 0 Å². The molecule has 0 bridgehead atoms. The van der Waals surface area contributed by atoms with Crippen molar-refractivity contribution < 1.29 is 13.2 Å². The molecule has 1 aromatic rings. The zero-order valence-electron chi connectivity index (χ0n) is 11.1. The minimum atomic E-state index is -3.60. The van der Waals surface area contributed by atoms with Crippen LogP contribution in [0.1, 0.15) is 5.56 Å². The number of thioether (sulfide) groups is 1. The van der Waals surface area contributed by atoms with Gasteiger partial charge in [-0.1, -0.05) is 11.6 Å². The molecule has 1 aliphatic rings. The summed E-state index contributed by atoms with van der Waals surface area (Å²) in [7, 11) is -2.17. The van der Waals surface area contributed by atoms with Gasteiger partial charge in [0, 0.05) is 41.7 Å². The van der Waals surface area contributed by atoms with Gasteiger partial charge in [0.1, 0.15) is 10.6 Å². The molecule has 1 aromatic carbocycles. The lowest BCUT2D eigenvalue weighted by Gasteiger charge is -2.26. The Kier molecular flexibility index (Phi) is 5.19. The fourth-order valence-corrected chi connectivity index (χ4v) is 5.23. The van der Waals surface area contributed by atoms with Gasteiger partial charge in [-0.3, -0.25) is 0 Å². The van der Waals surface area contributed by atoms with Crippen LogP contribution < -0.4 is 10.5 Å². The normalized spacial score (nSPS) is 17.1. The van der Waals surface area contributed by atoms with Gasteiger partial charge in [0.15, 0.2) is 0 Å². The molecule has 2 N–H and O–H groups in total. The first kappa shape index (κ1) is 15.9. The van der Waals surface area contributed by atoms with Gasteiger partial charge in [0.25, 0.3) is 0 Å². The standard InChI is InChI=1S/C12H17ClN2O3S2/c1-18-12-9(8-14)6-10(13)7-11(12)20(16,17)15-2-4-19-5-3-15/h6-7H,2-5,8,14H2,1H3. The van der Waals surface area contributed by atoms with E-state index in [1.807, 2.05) is 0 Å². The summed E-state index contributed by atoms with van der Waals surface area (Å²) in [4.78, 5) is 0.0971. The molecular formula is C12H17ClN2O3S2. The molecule has 1 fully saturated rings. The summed E-state index contributed by atoms with van der Waals surface area (Å²) >= 11 is 7.75. The molecule has 0 spiro atoms. The second kappa shape index (κ2) is 6.53. The molecule has 0 saturated carbocycles. The highest BCUT2D eigenvalue weighted by molar-refractivity contribution is 7.99. The van der Waals surface area contributed by atoms with E-state index in [1.54, 1.807) is 17.8 Å². The van der Waals surface area contributed by atoms with Gasteiger partial charge in [0.2, 0.25) is 10.0 Å². The number of hydrogen-bond acceptors (Lipinski definition) is 5. The lowest BCUT2D eigenvalue weighted by atomic mass is 10.2. The highest BCUT2D eigenvalue weighted by atomic mass is 35.5. The number of hydrogen-bond donors (Lipinski definition) is 1. The Labute approximate surface area is 128 Å². The quantitative estimate of drug-likeness (QED) is 0.903. The number of sulfonamides is 1. The topological polar surface area (TPSA) is 72.6 Å². The first-order valence-corrected chi connectivity index (χ1v) is 9.12. The highest BCUT2D eigenvalue weighted by Crippen LogP contribution is 2.34. The molecule has 2 rings (SSSR count). The van der Waals surface area contributed by atoms with Gasteiger partial charge in [0.05, 0.1) is 7.11 Å². The third-order valence-corrected chi connectivity index (χ3v) is 6.17. The van der Waals surface area contributed by atoms with Crippen LogP contribution in [0.3, 0.4) is 0 Å². The Morgan fingerprint density at radius 3 is 2.60 bits per heavy atom. The fourth-order valence-electron chi connectivity index (χ4n) is 2.12. The summed E-state index contributed by atoms with van der Waals surface area (Å²) in [5.41, 5.74) is 6.22. The van der Waals surface area contributed by atoms with Gasteiger partial charge in [-0.25, -0.2) is 8.42 Å². The number of nitrogens with zero attached hydrogens (tertiary/aromatic N) is 1. The maximum absolute atomic E-state index is 12.7. The van der Waals surface area contributed by atoms with E-state index in [9.17, 15) is 8.42 Å². The molecule has 112 valence electrons. The van der Waals surface area contributed by atoms with E-state index in [0.717, 1.165) is 11.5 Å². The van der Waals surface area contributed by atoms with Crippen LogP contribution in [0, 0.1) is 0 Å². The van der Waals surface area contributed by atoms with E-state index in [2.05, 4.69) is 0 Å². The molecular weight excluding hydrogens is 320 g/mol. The third kappa shape index (κ3) is 3.07. The minimum absolute atomic E-state index is 0.0971. The number of ether oxygens (including phenoxy) is 1. The van der Waals surface area contributed by atoms with Crippen molar-refractivity contribution in [3.8, 4) is 5.75 Å². The minimum Gasteiger partial charge on any atom is -0.495 e. The maximum Gasteiger partial charge on any atom is 0.246 e. The van der Waals surface area contributed by atoms with Crippen molar-refractivity contribution in [1.82, 2.24) is 4.31 Å². The van der Waals surface area contributed by atoms with E-state index in [4.69, 9.17) is 22.1 Å². The lowest BCUT2D eigenvalue weighted by molar-refractivity contribution is 0.391. The molecule has 0 atom stereocenters. The Bertz CT molecular complexity index is 587. The number of rotatable bonds is 4. The molecule has 1 saturated heterocycles. The van der Waals surface area contributed by atoms with Gasteiger partial charge >= 0.3 is 0 Å². The SMILES string of the molecule is COc1c(CN)cc(Cl)cc1S(=O)(=O)N1CCSCC1. The molecule has 8 heteroatoms. The smallest absolute Gasteiger partial charge is 0.246 e. The van der Waals surface area contributed by atoms with Crippen LogP contribution in [-0.2, 0) is 16.6 Å². The summed E-state index contributed by atoms with van der Waals surface area (Å²) in [6, 6.07) is 3.06. The molecule has 0 aromatic heterocycles. The number of nitrogens with two attached hydrogens (primary N) is 1. The zero-order chi connectivity index (χ0) is 14.8. The van der Waals surface area contributed by atoms with Crippen LogP contribution in [0.4, 0.5) is 0 Å². The first-order chi connectivity index (χ1) is 9.50. The maximum atomic E-state index is 12.7. The molecule has 0 aliphatic carbocycles. The van der Waals surface area contributed by atoms with Crippen molar-refractivity contribution in [2.24, 2.45) is 5.73 Å². The second-order valence-electron chi connectivity index (χ2n) is 4.32. The van der Waals surface area contributed by atoms with Crippen LogP contribution in [0.15, 0.2) is 17.0 Å². The Hall–Kier alpha value is -0.470. The third-order valence-electron chi connectivity index (χ3n) is 3.11. The van der Waals surface area contributed by atoms with Gasteiger partial charge in [-0.2, -0.15) is 16.1 Å². The average Bonchev–Trinajstić information content (AvgIpc) is 2.47. The monoisotopic (exact) mass is 336 g/mol. The van der Waals surface area contributed by atoms with E-state index in [1.165, 1.54) is 17.5 Å². The molecule has 1 aliphatic heterocycles. The van der Waals surface area contributed by atoms with Gasteiger partial charge in [-0.15, -0.1) is 0 Å². The lowest BCUT2D eigenvalue weighted by Crippen LogP contribution is -2.38. The fraction of sp³-hybridized carbons (Fsp3) is 0.500. The second-order valence-corrected chi connectivity index (χ2v) is 7.88. The van der Waals surface area contributed by atoms with E-state index in [0.29, 0.717) is 23.7 Å². The Morgan fingerprint density at radius 2 is 2.05 bits per heavy atom. The molecule has 1 heterocycles. The Morgan fingerprint density at radius 1 is 1.40 bits per heavy atom. The Balaban J connectivity index is 2.52. The van der Waals surface area contributed by atoms with Crippen molar-refractivity contribution in [2.75, 3.05) is 31.7 Å². The molecule has 0 amide bonds. The average molecular weight is 337 g/mol. The predicted octanol–water partition coefficient (Wildman–Crippen LogP) is 1.54. The van der Waals surface area contributed by atoms with Crippen molar-refractivity contribution in [3.05, 3.63) is 22.7 Å². The van der Waals surface area contributed by atoms with Gasteiger partial charge in [-0.05, 0) is 12.1 Å². The zero-order valence-corrected chi connectivity index (χ0v) is 13.5. The number of methoxy groups -OCH3 is 1. The summed E-state index contributed by atoms with van der Waals surface area (Å²) < 4.78 is 32.2. The van der Waals surface area contributed by atoms with Crippen LogP contribution in [0.5, 0.6) is 5.75 Å². The summed E-state index contributed by atoms with van der Waals surface area (Å²) in [5.74, 6) is 1.88. The van der Waals surface area contributed by atoms with Crippen LogP contribution >= 0.6 is 23.4 Å². The molecule has 0 radical (unpaired) electrons. The van der Waals surface area contributed by atoms with Crippen molar-refractivity contribution in [2.45, 2.75) is 11.4 Å². The predicted molar refractivity (Wildman–Crippen MR) is 82.0 cm³/mol. The van der Waals surface area contributed by atoms with E-state index < -0.39 is 10.0 Å². The molecule has 5 nitrogen and oxygen atoms in total. The van der Waals surface area contributed by atoms with E-state index >= 15 is 0 Å². The van der Waals surface area contributed by atoms with E-state index in [-0.39, 0.29) is 17.2 Å². The van der Waals surface area contributed by atoms with Crippen molar-refractivity contribution in [1.29, 1.82) is 0 Å². The van der Waals surface area contributed by atoms with Crippen LogP contribution in [-0.4, -0.2) is 44.4 Å². The summed E-state index contributed by atoms with van der Waals surface area (Å²) in [6.45, 7) is 1.17. The first-order valence-electron chi connectivity index (χ1n) is 6.15. The number of halogens is 1. The largest absolute Gasteiger partial charge is 0.495 e. The van der Waals surface area contributed by atoms with Gasteiger partial charge < -0.3 is 10.5 Å². The molecule has 0 unspecified atom stereocenters. The molecule has 20 heavy (non-hydrogen) atoms. The number of benzene rings is 1.